The molecule has 0 unspecified atom stereocenters. The maximum atomic E-state index is 11.9. The molecule has 0 aromatic heterocycles. The lowest BCUT2D eigenvalue weighted by Crippen LogP contribution is -2.46. The Kier molecular flexibility index (Phi) is 3.71. The van der Waals surface area contributed by atoms with Gasteiger partial charge in [-0.3, -0.25) is 4.79 Å². The number of amides is 1. The van der Waals surface area contributed by atoms with Gasteiger partial charge < -0.3 is 11.1 Å². The van der Waals surface area contributed by atoms with Gasteiger partial charge in [0, 0.05) is 12.0 Å². The van der Waals surface area contributed by atoms with Crippen LogP contribution >= 0.6 is 0 Å². The van der Waals surface area contributed by atoms with Gasteiger partial charge in [0.1, 0.15) is 0 Å². The van der Waals surface area contributed by atoms with Crippen molar-refractivity contribution >= 4 is 5.91 Å². The van der Waals surface area contributed by atoms with E-state index < -0.39 is 6.04 Å². The van der Waals surface area contributed by atoms with Gasteiger partial charge >= 0.3 is 0 Å². The minimum atomic E-state index is -0.406. The summed E-state index contributed by atoms with van der Waals surface area (Å²) in [5.41, 5.74) is 7.32. The lowest BCUT2D eigenvalue weighted by atomic mass is 9.95. The number of hydrogen-bond donors (Lipinski definition) is 2. The summed E-state index contributed by atoms with van der Waals surface area (Å²) in [7, 11) is 0. The molecule has 0 heterocycles. The molecule has 3 nitrogen and oxygen atoms in total. The summed E-state index contributed by atoms with van der Waals surface area (Å²) in [5.74, 6) is 0.143. The fourth-order valence-corrected chi connectivity index (χ4v) is 2.19. The molecule has 0 radical (unpaired) electrons. The average Bonchev–Trinajstić information content (AvgIpc) is 3.17. The second kappa shape index (κ2) is 5.11. The molecule has 3 N–H and O–H groups in total. The highest BCUT2D eigenvalue weighted by molar-refractivity contribution is 5.81. The van der Waals surface area contributed by atoms with Gasteiger partial charge in [0.2, 0.25) is 5.91 Å². The Morgan fingerprint density at radius 3 is 2.44 bits per heavy atom. The molecule has 1 aliphatic carbocycles. The highest BCUT2D eigenvalue weighted by Crippen LogP contribution is 2.47. The van der Waals surface area contributed by atoms with Crippen LogP contribution < -0.4 is 11.1 Å². The van der Waals surface area contributed by atoms with Crippen molar-refractivity contribution in [1.82, 2.24) is 5.32 Å². The number of rotatable bonds is 5. The summed E-state index contributed by atoms with van der Waals surface area (Å²) in [4.78, 5) is 11.9. The smallest absolute Gasteiger partial charge is 0.237 e. The second-order valence-corrected chi connectivity index (χ2v) is 5.63. The van der Waals surface area contributed by atoms with Crippen LogP contribution in [0.1, 0.15) is 32.3 Å². The van der Waals surface area contributed by atoms with Crippen molar-refractivity contribution < 1.29 is 4.79 Å². The van der Waals surface area contributed by atoms with Gasteiger partial charge in [-0.05, 0) is 24.3 Å². The Balaban J connectivity index is 1.93. The lowest BCUT2D eigenvalue weighted by Gasteiger charge is -2.20. The molecule has 18 heavy (non-hydrogen) atoms. The van der Waals surface area contributed by atoms with E-state index in [-0.39, 0.29) is 17.2 Å². The minimum Gasteiger partial charge on any atom is -0.354 e. The zero-order chi connectivity index (χ0) is 13.2. The van der Waals surface area contributed by atoms with Crippen LogP contribution in [0.5, 0.6) is 0 Å². The summed E-state index contributed by atoms with van der Waals surface area (Å²) < 4.78 is 0. The van der Waals surface area contributed by atoms with Gasteiger partial charge in [-0.1, -0.05) is 44.2 Å². The van der Waals surface area contributed by atoms with Gasteiger partial charge in [0.25, 0.3) is 0 Å². The number of benzene rings is 1. The molecule has 0 bridgehead atoms. The molecule has 1 saturated carbocycles. The summed E-state index contributed by atoms with van der Waals surface area (Å²) in [6.45, 7) is 4.64. The zero-order valence-electron chi connectivity index (χ0n) is 11.1. The van der Waals surface area contributed by atoms with Crippen molar-refractivity contribution in [2.24, 2.45) is 11.7 Å². The van der Waals surface area contributed by atoms with Crippen molar-refractivity contribution in [3.05, 3.63) is 35.9 Å². The van der Waals surface area contributed by atoms with Gasteiger partial charge in [0.15, 0.2) is 0 Å². The van der Waals surface area contributed by atoms with Crippen LogP contribution in [0.15, 0.2) is 30.3 Å². The maximum absolute atomic E-state index is 11.9. The first-order valence-electron chi connectivity index (χ1n) is 6.64. The highest BCUT2D eigenvalue weighted by Gasteiger charge is 2.44. The van der Waals surface area contributed by atoms with Crippen molar-refractivity contribution in [3.8, 4) is 0 Å². The van der Waals surface area contributed by atoms with Crippen LogP contribution in [-0.2, 0) is 10.2 Å². The summed E-state index contributed by atoms with van der Waals surface area (Å²) in [6.07, 6.45) is 2.29. The molecule has 0 saturated heterocycles. The largest absolute Gasteiger partial charge is 0.354 e. The SMILES string of the molecule is CC(C)[C@H](N)C(=O)NCC1(c2ccccc2)CC1. The zero-order valence-corrected chi connectivity index (χ0v) is 11.1. The predicted molar refractivity (Wildman–Crippen MR) is 73.2 cm³/mol. The van der Waals surface area contributed by atoms with Crippen molar-refractivity contribution in [2.45, 2.75) is 38.1 Å². The van der Waals surface area contributed by atoms with Crippen molar-refractivity contribution in [3.63, 3.8) is 0 Å². The third-order valence-corrected chi connectivity index (χ3v) is 3.86. The van der Waals surface area contributed by atoms with Crippen LogP contribution in [0.25, 0.3) is 0 Å². The van der Waals surface area contributed by atoms with E-state index >= 15 is 0 Å². The molecule has 3 heteroatoms. The van der Waals surface area contributed by atoms with Gasteiger partial charge in [0.05, 0.1) is 6.04 Å². The Morgan fingerprint density at radius 2 is 1.94 bits per heavy atom. The fraction of sp³-hybridized carbons (Fsp3) is 0.533. The predicted octanol–water partition coefficient (Wildman–Crippen LogP) is 1.82. The van der Waals surface area contributed by atoms with E-state index in [1.807, 2.05) is 19.9 Å². The molecule has 1 aromatic rings. The van der Waals surface area contributed by atoms with Crippen LogP contribution in [-0.4, -0.2) is 18.5 Å². The Bertz CT molecular complexity index is 410. The topological polar surface area (TPSA) is 55.1 Å². The van der Waals surface area contributed by atoms with Crippen LogP contribution in [0, 0.1) is 5.92 Å². The average molecular weight is 246 g/mol. The molecule has 2 rings (SSSR count). The first-order chi connectivity index (χ1) is 8.55. The number of nitrogens with two attached hydrogens (primary N) is 1. The molecule has 0 spiro atoms. The summed E-state index contributed by atoms with van der Waals surface area (Å²) in [6, 6.07) is 10.0. The van der Waals surface area contributed by atoms with E-state index in [1.165, 1.54) is 5.56 Å². The maximum Gasteiger partial charge on any atom is 0.237 e. The molecule has 0 aliphatic heterocycles. The van der Waals surface area contributed by atoms with Crippen molar-refractivity contribution in [2.75, 3.05) is 6.54 Å². The summed E-state index contributed by atoms with van der Waals surface area (Å²) in [5, 5.41) is 3.00. The molecular formula is C15H22N2O. The lowest BCUT2D eigenvalue weighted by molar-refractivity contribution is -0.123. The van der Waals surface area contributed by atoms with Crippen LogP contribution in [0.2, 0.25) is 0 Å². The number of hydrogen-bond acceptors (Lipinski definition) is 2. The molecule has 1 amide bonds. The first kappa shape index (κ1) is 13.1. The Morgan fingerprint density at radius 1 is 1.33 bits per heavy atom. The second-order valence-electron chi connectivity index (χ2n) is 5.63. The molecule has 98 valence electrons. The molecule has 1 aliphatic rings. The summed E-state index contributed by atoms with van der Waals surface area (Å²) >= 11 is 0. The van der Waals surface area contributed by atoms with E-state index in [9.17, 15) is 4.79 Å². The Hall–Kier alpha value is -1.35. The van der Waals surface area contributed by atoms with Crippen LogP contribution in [0.4, 0.5) is 0 Å². The quantitative estimate of drug-likeness (QED) is 0.832. The first-order valence-corrected chi connectivity index (χ1v) is 6.64. The van der Waals surface area contributed by atoms with Crippen LogP contribution in [0.3, 0.4) is 0 Å². The van der Waals surface area contributed by atoms with Gasteiger partial charge in [-0.15, -0.1) is 0 Å². The molecule has 1 aromatic carbocycles. The molecule has 1 atom stereocenters. The van der Waals surface area contributed by atoms with E-state index in [2.05, 4.69) is 29.6 Å². The van der Waals surface area contributed by atoms with E-state index in [0.29, 0.717) is 6.54 Å². The van der Waals surface area contributed by atoms with Crippen molar-refractivity contribution in [1.29, 1.82) is 0 Å². The minimum absolute atomic E-state index is 0.0350. The third-order valence-electron chi connectivity index (χ3n) is 3.86. The molecular weight excluding hydrogens is 224 g/mol. The highest BCUT2D eigenvalue weighted by atomic mass is 16.2. The van der Waals surface area contributed by atoms with Gasteiger partial charge in [-0.25, -0.2) is 0 Å². The standard InChI is InChI=1S/C15H22N2O/c1-11(2)13(16)14(18)17-10-15(8-9-15)12-6-4-3-5-7-12/h3-7,11,13H,8-10,16H2,1-2H3,(H,17,18)/t13-/m0/s1. The normalized spacial score (nSPS) is 18.4. The van der Waals surface area contributed by atoms with E-state index in [4.69, 9.17) is 5.73 Å². The van der Waals surface area contributed by atoms with E-state index in [0.717, 1.165) is 12.8 Å². The number of carbonyl (C=O) groups excluding carboxylic acids is 1. The third kappa shape index (κ3) is 2.72. The fourth-order valence-electron chi connectivity index (χ4n) is 2.19. The monoisotopic (exact) mass is 246 g/mol. The Labute approximate surface area is 109 Å². The molecule has 1 fully saturated rings. The van der Waals surface area contributed by atoms with Gasteiger partial charge in [-0.2, -0.15) is 0 Å². The number of nitrogens with one attached hydrogen (secondary N) is 1. The van der Waals surface area contributed by atoms with E-state index in [1.54, 1.807) is 0 Å². The number of carbonyl (C=O) groups is 1.